The lowest BCUT2D eigenvalue weighted by molar-refractivity contribution is -0.0591. The Morgan fingerprint density at radius 3 is 2.61 bits per heavy atom. The molecule has 0 bridgehead atoms. The Kier molecular flexibility index (Phi) is 8.85. The van der Waals surface area contributed by atoms with E-state index in [0.29, 0.717) is 17.4 Å². The Hall–Kier alpha value is -1.03. The molecule has 1 N–H and O–H groups in total. The highest BCUT2D eigenvalue weighted by molar-refractivity contribution is 5.67. The Bertz CT molecular complexity index is 793. The van der Waals surface area contributed by atoms with E-state index < -0.39 is 0 Å². The first kappa shape index (κ1) is 28.0. The Balaban J connectivity index is 1.40. The summed E-state index contributed by atoms with van der Waals surface area (Å²) in [5, 5.41) is 3.11. The highest BCUT2D eigenvalue weighted by atomic mass is 16.6. The quantitative estimate of drug-likeness (QED) is 0.330. The van der Waals surface area contributed by atoms with Crippen molar-refractivity contribution in [3.63, 3.8) is 0 Å². The van der Waals surface area contributed by atoms with Crippen LogP contribution in [-0.2, 0) is 4.74 Å². The lowest BCUT2D eigenvalue weighted by atomic mass is 9.47. The molecule has 0 aliphatic heterocycles. The molecule has 36 heavy (non-hydrogen) atoms. The summed E-state index contributed by atoms with van der Waals surface area (Å²) in [6, 6.07) is 0. The van der Waals surface area contributed by atoms with Gasteiger partial charge in [0.15, 0.2) is 0 Å². The molecule has 0 aromatic heterocycles. The minimum atomic E-state index is -0.166. The fraction of sp³-hybridized carbons (Fsp3) is 0.906. The van der Waals surface area contributed by atoms with E-state index in [2.05, 4.69) is 46.0 Å². The molecule has 3 saturated carbocycles. The van der Waals surface area contributed by atoms with Gasteiger partial charge in [-0.1, -0.05) is 65.5 Å². The SMILES string of the molecule is CNCCN(C)C(=O)O[C@H]1CC[C@@]2(C)C(=CC[C@H]3[C@@H]4CC[C@H]([C@H](C)CCCC(C)C)[C@@]4(C)CC[C@@H]32)C1. The molecule has 4 rings (SSSR count). The number of fused-ring (bicyclic) bond motifs is 5. The lowest BCUT2D eigenvalue weighted by Gasteiger charge is -2.58. The van der Waals surface area contributed by atoms with Crippen molar-refractivity contribution in [1.29, 1.82) is 0 Å². The number of carbonyl (C=O) groups excluding carboxylic acids is 1. The molecule has 0 unspecified atom stereocenters. The van der Waals surface area contributed by atoms with E-state index in [1.165, 1.54) is 57.8 Å². The summed E-state index contributed by atoms with van der Waals surface area (Å²) in [6.45, 7) is 14.0. The molecule has 4 aliphatic carbocycles. The molecular weight excluding hydrogens is 444 g/mol. The van der Waals surface area contributed by atoms with Crippen LogP contribution in [0.2, 0.25) is 0 Å². The van der Waals surface area contributed by atoms with Crippen LogP contribution in [0, 0.1) is 46.3 Å². The van der Waals surface area contributed by atoms with Crippen molar-refractivity contribution in [2.24, 2.45) is 46.3 Å². The number of hydrogen-bond donors (Lipinski definition) is 1. The largest absolute Gasteiger partial charge is 0.446 e. The number of rotatable bonds is 9. The van der Waals surface area contributed by atoms with Crippen molar-refractivity contribution >= 4 is 6.09 Å². The molecule has 0 radical (unpaired) electrons. The molecule has 1 amide bonds. The summed E-state index contributed by atoms with van der Waals surface area (Å²) in [4.78, 5) is 14.3. The minimum absolute atomic E-state index is 0.0433. The zero-order chi connectivity index (χ0) is 26.1. The van der Waals surface area contributed by atoms with Crippen LogP contribution in [0.15, 0.2) is 11.6 Å². The molecule has 4 nitrogen and oxygen atoms in total. The smallest absolute Gasteiger partial charge is 0.409 e. The third kappa shape index (κ3) is 5.40. The monoisotopic (exact) mass is 500 g/mol. The summed E-state index contributed by atoms with van der Waals surface area (Å²) in [7, 11) is 3.76. The maximum atomic E-state index is 12.6. The Morgan fingerprint density at radius 1 is 1.11 bits per heavy atom. The minimum Gasteiger partial charge on any atom is -0.446 e. The van der Waals surface area contributed by atoms with Gasteiger partial charge in [-0.15, -0.1) is 0 Å². The van der Waals surface area contributed by atoms with Crippen LogP contribution in [0.5, 0.6) is 0 Å². The molecule has 4 heteroatoms. The summed E-state index contributed by atoms with van der Waals surface area (Å²) < 4.78 is 5.97. The molecule has 8 atom stereocenters. The number of ether oxygens (including phenoxy) is 1. The molecule has 0 aromatic rings. The third-order valence-corrected chi connectivity index (χ3v) is 11.5. The van der Waals surface area contributed by atoms with Crippen molar-refractivity contribution < 1.29 is 9.53 Å². The van der Waals surface area contributed by atoms with E-state index in [1.807, 2.05) is 14.1 Å². The van der Waals surface area contributed by atoms with E-state index in [9.17, 15) is 4.79 Å². The predicted octanol–water partition coefficient (Wildman–Crippen LogP) is 7.68. The van der Waals surface area contributed by atoms with Gasteiger partial charge in [-0.25, -0.2) is 4.79 Å². The maximum Gasteiger partial charge on any atom is 0.409 e. The van der Waals surface area contributed by atoms with Crippen molar-refractivity contribution in [3.8, 4) is 0 Å². The van der Waals surface area contributed by atoms with Gasteiger partial charge < -0.3 is 15.0 Å². The van der Waals surface area contributed by atoms with Crippen LogP contribution in [-0.4, -0.2) is 44.3 Å². The molecule has 0 spiro atoms. The van der Waals surface area contributed by atoms with E-state index in [0.717, 1.165) is 54.9 Å². The second-order valence-corrected chi connectivity index (χ2v) is 14.1. The van der Waals surface area contributed by atoms with Crippen LogP contribution < -0.4 is 5.32 Å². The lowest BCUT2D eigenvalue weighted by Crippen LogP contribution is -2.51. The number of likely N-dealkylation sites (N-methyl/N-ethyl adjacent to an activating group) is 2. The molecule has 206 valence electrons. The van der Waals surface area contributed by atoms with Crippen LogP contribution in [0.25, 0.3) is 0 Å². The van der Waals surface area contributed by atoms with Gasteiger partial charge in [0.25, 0.3) is 0 Å². The topological polar surface area (TPSA) is 41.6 Å². The predicted molar refractivity (Wildman–Crippen MR) is 150 cm³/mol. The molecule has 0 heterocycles. The number of nitrogens with zero attached hydrogens (tertiary/aromatic N) is 1. The van der Waals surface area contributed by atoms with Crippen LogP contribution >= 0.6 is 0 Å². The van der Waals surface area contributed by atoms with E-state index in [1.54, 1.807) is 10.5 Å². The summed E-state index contributed by atoms with van der Waals surface area (Å²) >= 11 is 0. The zero-order valence-electron chi connectivity index (χ0n) is 24.6. The Labute approximate surface area is 222 Å². The fourth-order valence-corrected chi connectivity index (χ4v) is 9.36. The van der Waals surface area contributed by atoms with Crippen LogP contribution in [0.1, 0.15) is 105 Å². The fourth-order valence-electron chi connectivity index (χ4n) is 9.36. The summed E-state index contributed by atoms with van der Waals surface area (Å²) in [6.07, 6.45) is 16.8. The van der Waals surface area contributed by atoms with Crippen LogP contribution in [0.3, 0.4) is 0 Å². The number of carbonyl (C=O) groups is 1. The van der Waals surface area contributed by atoms with Gasteiger partial charge >= 0.3 is 6.09 Å². The number of hydrogen-bond acceptors (Lipinski definition) is 3. The van der Waals surface area contributed by atoms with Crippen LogP contribution in [0.4, 0.5) is 4.79 Å². The summed E-state index contributed by atoms with van der Waals surface area (Å²) in [5.74, 6) is 5.21. The molecule has 3 fully saturated rings. The highest BCUT2D eigenvalue weighted by Crippen LogP contribution is 2.67. The highest BCUT2D eigenvalue weighted by Gasteiger charge is 2.59. The van der Waals surface area contributed by atoms with Gasteiger partial charge in [-0.3, -0.25) is 0 Å². The normalized spacial score (nSPS) is 38.6. The second-order valence-electron chi connectivity index (χ2n) is 14.1. The molecule has 0 saturated heterocycles. The number of allylic oxidation sites excluding steroid dienone is 1. The van der Waals surface area contributed by atoms with Crippen molar-refractivity contribution in [2.75, 3.05) is 27.2 Å². The first-order chi connectivity index (χ1) is 17.1. The third-order valence-electron chi connectivity index (χ3n) is 11.5. The first-order valence-corrected chi connectivity index (χ1v) is 15.4. The molecule has 4 aliphatic rings. The van der Waals surface area contributed by atoms with Gasteiger partial charge in [0.1, 0.15) is 6.10 Å². The van der Waals surface area contributed by atoms with Crippen molar-refractivity contribution in [1.82, 2.24) is 10.2 Å². The summed E-state index contributed by atoms with van der Waals surface area (Å²) in [5.41, 5.74) is 2.46. The zero-order valence-corrected chi connectivity index (χ0v) is 24.6. The van der Waals surface area contributed by atoms with Gasteiger partial charge in [0, 0.05) is 26.6 Å². The van der Waals surface area contributed by atoms with E-state index in [-0.39, 0.29) is 12.2 Å². The number of nitrogens with one attached hydrogen (secondary N) is 1. The number of amides is 1. The average molecular weight is 501 g/mol. The Morgan fingerprint density at radius 2 is 1.89 bits per heavy atom. The maximum absolute atomic E-state index is 12.6. The van der Waals surface area contributed by atoms with Crippen molar-refractivity contribution in [2.45, 2.75) is 111 Å². The van der Waals surface area contributed by atoms with E-state index in [4.69, 9.17) is 4.74 Å². The van der Waals surface area contributed by atoms with Gasteiger partial charge in [0.05, 0.1) is 0 Å². The van der Waals surface area contributed by atoms with Gasteiger partial charge in [-0.2, -0.15) is 0 Å². The van der Waals surface area contributed by atoms with Gasteiger partial charge in [0.2, 0.25) is 0 Å². The average Bonchev–Trinajstić information content (AvgIpc) is 3.19. The standard InChI is InChI=1S/C32H56N2O2/c1-22(2)9-8-10-23(3)27-13-14-28-26-12-11-24-21-25(36-30(35)34(7)20-19-33-6)15-17-31(24,4)29(26)16-18-32(27,28)5/h11,22-23,25-29,33H,8-10,12-21H2,1-7H3/t23-,25+,26+,27-,28+,29+,31+,32-/m1/s1. The first-order valence-electron chi connectivity index (χ1n) is 15.4. The molecule has 0 aromatic carbocycles. The van der Waals surface area contributed by atoms with Gasteiger partial charge in [-0.05, 0) is 98.3 Å². The van der Waals surface area contributed by atoms with E-state index >= 15 is 0 Å². The second kappa shape index (κ2) is 11.4. The van der Waals surface area contributed by atoms with Crippen molar-refractivity contribution in [3.05, 3.63) is 11.6 Å². The molecular formula is C32H56N2O2.